The van der Waals surface area contributed by atoms with Gasteiger partial charge in [0.05, 0.1) is 18.7 Å². The average molecular weight is 377 g/mol. The number of nitriles is 1. The molecule has 9 heteroatoms. The SMILES string of the molecule is CC(C)(C)OC(=O)N[C@@H](CN1C(=O)[C@@H]2C[C@H]1CN2)C(=O)N1CCC[C@H]1C#N. The Bertz CT molecular complexity index is 668. The molecule has 3 amide bonds. The van der Waals surface area contributed by atoms with Crippen molar-refractivity contribution in [3.8, 4) is 6.07 Å². The van der Waals surface area contributed by atoms with Gasteiger partial charge in [-0.05, 0) is 40.0 Å². The van der Waals surface area contributed by atoms with Crippen molar-refractivity contribution in [3.05, 3.63) is 0 Å². The molecule has 0 aromatic carbocycles. The molecule has 0 aromatic rings. The van der Waals surface area contributed by atoms with Gasteiger partial charge in [0.25, 0.3) is 0 Å². The summed E-state index contributed by atoms with van der Waals surface area (Å²) in [6.07, 6.45) is 1.39. The highest BCUT2D eigenvalue weighted by atomic mass is 16.6. The predicted octanol–water partition coefficient (Wildman–Crippen LogP) is -0.0330. The van der Waals surface area contributed by atoms with E-state index in [2.05, 4.69) is 16.7 Å². The van der Waals surface area contributed by atoms with Crippen LogP contribution in [0.4, 0.5) is 4.79 Å². The van der Waals surface area contributed by atoms with Gasteiger partial charge in [-0.1, -0.05) is 0 Å². The lowest BCUT2D eigenvalue weighted by Gasteiger charge is -2.33. The number of nitrogens with zero attached hydrogens (tertiary/aromatic N) is 3. The van der Waals surface area contributed by atoms with Crippen LogP contribution in [0.3, 0.4) is 0 Å². The van der Waals surface area contributed by atoms with Gasteiger partial charge in [0, 0.05) is 19.1 Å². The van der Waals surface area contributed by atoms with Crippen molar-refractivity contribution in [1.82, 2.24) is 20.4 Å². The van der Waals surface area contributed by atoms with Gasteiger partial charge >= 0.3 is 6.09 Å². The van der Waals surface area contributed by atoms with Crippen LogP contribution in [-0.4, -0.2) is 77.1 Å². The van der Waals surface area contributed by atoms with Crippen LogP contribution < -0.4 is 10.6 Å². The lowest BCUT2D eigenvalue weighted by atomic mass is 10.1. The Kier molecular flexibility index (Phi) is 5.29. The van der Waals surface area contributed by atoms with E-state index in [0.29, 0.717) is 19.5 Å². The van der Waals surface area contributed by atoms with Crippen LogP contribution in [0, 0.1) is 11.3 Å². The highest BCUT2D eigenvalue weighted by Crippen LogP contribution is 2.25. The van der Waals surface area contributed by atoms with Crippen molar-refractivity contribution in [3.63, 3.8) is 0 Å². The number of likely N-dealkylation sites (tertiary alicyclic amines) is 2. The fourth-order valence-corrected chi connectivity index (χ4v) is 3.96. The lowest BCUT2D eigenvalue weighted by Crippen LogP contribution is -2.58. The number of rotatable bonds is 4. The molecule has 0 spiro atoms. The van der Waals surface area contributed by atoms with E-state index in [4.69, 9.17) is 4.74 Å². The molecule has 3 heterocycles. The number of carbonyl (C=O) groups is 3. The van der Waals surface area contributed by atoms with Gasteiger partial charge in [0.1, 0.15) is 17.7 Å². The highest BCUT2D eigenvalue weighted by molar-refractivity contribution is 5.89. The molecule has 0 aromatic heterocycles. The summed E-state index contributed by atoms with van der Waals surface area (Å²) in [6, 6.07) is 0.544. The normalized spacial score (nSPS) is 28.2. The van der Waals surface area contributed by atoms with Crippen molar-refractivity contribution >= 4 is 17.9 Å². The molecule has 9 nitrogen and oxygen atoms in total. The first-order valence-electron chi connectivity index (χ1n) is 9.43. The molecule has 2 N–H and O–H groups in total. The number of piperazine rings is 1. The maximum Gasteiger partial charge on any atom is 0.408 e. The van der Waals surface area contributed by atoms with E-state index in [0.717, 1.165) is 12.8 Å². The zero-order chi connectivity index (χ0) is 19.8. The molecule has 27 heavy (non-hydrogen) atoms. The summed E-state index contributed by atoms with van der Waals surface area (Å²) in [4.78, 5) is 40.9. The molecule has 3 rings (SSSR count). The molecular weight excluding hydrogens is 350 g/mol. The number of ether oxygens (including phenoxy) is 1. The maximum absolute atomic E-state index is 13.1. The number of amides is 3. The zero-order valence-corrected chi connectivity index (χ0v) is 16.0. The summed E-state index contributed by atoms with van der Waals surface area (Å²) in [7, 11) is 0. The van der Waals surface area contributed by atoms with Gasteiger partial charge < -0.3 is 25.2 Å². The lowest BCUT2D eigenvalue weighted by molar-refractivity contribution is -0.137. The molecule has 0 radical (unpaired) electrons. The molecule has 0 saturated carbocycles. The number of carbonyl (C=O) groups excluding carboxylic acids is 3. The van der Waals surface area contributed by atoms with E-state index in [1.165, 1.54) is 4.90 Å². The Labute approximate surface area is 159 Å². The molecule has 148 valence electrons. The van der Waals surface area contributed by atoms with Gasteiger partial charge in [-0.25, -0.2) is 4.79 Å². The third-order valence-corrected chi connectivity index (χ3v) is 5.18. The second kappa shape index (κ2) is 7.35. The standard InChI is InChI=1S/C18H27N5O4/c1-18(2,3)27-17(26)21-14(16(25)22-6-4-5-11(22)8-19)10-23-12-7-13(15(23)24)20-9-12/h11-14,20H,4-7,9-10H2,1-3H3,(H,21,26)/t11-,12-,13-,14-/m0/s1. The monoisotopic (exact) mass is 377 g/mol. The molecule has 3 aliphatic rings. The summed E-state index contributed by atoms with van der Waals surface area (Å²) in [5, 5.41) is 15.1. The minimum Gasteiger partial charge on any atom is -0.444 e. The Morgan fingerprint density at radius 1 is 1.44 bits per heavy atom. The van der Waals surface area contributed by atoms with Crippen molar-refractivity contribution in [2.45, 2.75) is 69.8 Å². The van der Waals surface area contributed by atoms with E-state index in [1.54, 1.807) is 25.7 Å². The van der Waals surface area contributed by atoms with Crippen molar-refractivity contribution in [2.75, 3.05) is 19.6 Å². The average Bonchev–Trinajstić information content (AvgIpc) is 3.28. The van der Waals surface area contributed by atoms with Gasteiger partial charge in [-0.3, -0.25) is 9.59 Å². The van der Waals surface area contributed by atoms with Crippen LogP contribution in [0.25, 0.3) is 0 Å². The predicted molar refractivity (Wildman–Crippen MR) is 95.4 cm³/mol. The van der Waals surface area contributed by atoms with Gasteiger partial charge in [0.15, 0.2) is 0 Å². The molecule has 3 saturated heterocycles. The van der Waals surface area contributed by atoms with Crippen LogP contribution in [0.5, 0.6) is 0 Å². The van der Waals surface area contributed by atoms with Gasteiger partial charge in [-0.2, -0.15) is 5.26 Å². The Morgan fingerprint density at radius 2 is 2.19 bits per heavy atom. The molecule has 4 atom stereocenters. The fraction of sp³-hybridized carbons (Fsp3) is 0.778. The summed E-state index contributed by atoms with van der Waals surface area (Å²) in [6.45, 7) is 6.48. The first-order valence-corrected chi connectivity index (χ1v) is 9.43. The van der Waals surface area contributed by atoms with Crippen molar-refractivity contribution in [2.24, 2.45) is 0 Å². The quantitative estimate of drug-likeness (QED) is 0.711. The molecule has 0 aliphatic carbocycles. The molecular formula is C18H27N5O4. The number of fused-ring (bicyclic) bond motifs is 2. The van der Waals surface area contributed by atoms with Crippen molar-refractivity contribution in [1.29, 1.82) is 5.26 Å². The van der Waals surface area contributed by atoms with E-state index in [1.807, 2.05) is 0 Å². The number of nitrogens with one attached hydrogen (secondary N) is 2. The van der Waals surface area contributed by atoms with Gasteiger partial charge in [-0.15, -0.1) is 0 Å². The number of alkyl carbamates (subject to hydrolysis) is 1. The minimum atomic E-state index is -0.933. The van der Waals surface area contributed by atoms with Crippen molar-refractivity contribution < 1.29 is 19.1 Å². The van der Waals surface area contributed by atoms with Crippen LogP contribution in [0.15, 0.2) is 0 Å². The molecule has 0 unspecified atom stereocenters. The zero-order valence-electron chi connectivity index (χ0n) is 16.0. The number of hydrogen-bond acceptors (Lipinski definition) is 6. The number of hydrogen-bond donors (Lipinski definition) is 2. The summed E-state index contributed by atoms with van der Waals surface area (Å²) in [5.41, 5.74) is -0.701. The maximum atomic E-state index is 13.1. The Balaban J connectivity index is 1.74. The van der Waals surface area contributed by atoms with Crippen LogP contribution in [0.2, 0.25) is 0 Å². The van der Waals surface area contributed by atoms with E-state index in [-0.39, 0.29) is 30.4 Å². The topological polar surface area (TPSA) is 115 Å². The first-order chi connectivity index (χ1) is 12.7. The third-order valence-electron chi connectivity index (χ3n) is 5.18. The summed E-state index contributed by atoms with van der Waals surface area (Å²) < 4.78 is 5.29. The summed E-state index contributed by atoms with van der Waals surface area (Å²) in [5.74, 6) is -0.387. The smallest absolute Gasteiger partial charge is 0.408 e. The highest BCUT2D eigenvalue weighted by Gasteiger charge is 2.46. The van der Waals surface area contributed by atoms with Gasteiger partial charge in [0.2, 0.25) is 11.8 Å². The minimum absolute atomic E-state index is 0.0311. The van der Waals surface area contributed by atoms with Crippen LogP contribution in [0.1, 0.15) is 40.0 Å². The Morgan fingerprint density at radius 3 is 2.78 bits per heavy atom. The second-order valence-electron chi connectivity index (χ2n) is 8.36. The fourth-order valence-electron chi connectivity index (χ4n) is 3.96. The molecule has 2 bridgehead atoms. The first kappa shape index (κ1) is 19.4. The van der Waals surface area contributed by atoms with Crippen LogP contribution >= 0.6 is 0 Å². The van der Waals surface area contributed by atoms with E-state index >= 15 is 0 Å². The molecule has 3 fully saturated rings. The van der Waals surface area contributed by atoms with E-state index in [9.17, 15) is 19.6 Å². The van der Waals surface area contributed by atoms with E-state index < -0.39 is 23.8 Å². The van der Waals surface area contributed by atoms with Crippen LogP contribution in [-0.2, 0) is 14.3 Å². The largest absolute Gasteiger partial charge is 0.444 e. The molecule has 3 aliphatic heterocycles. The summed E-state index contributed by atoms with van der Waals surface area (Å²) >= 11 is 0. The third kappa shape index (κ3) is 4.16. The Hall–Kier alpha value is -2.34. The second-order valence-corrected chi connectivity index (χ2v) is 8.36.